The Balaban J connectivity index is 0.00000185. The first kappa shape index (κ1) is 37.1. The van der Waals surface area contributed by atoms with E-state index in [2.05, 4.69) is 95.3 Å². The maximum Gasteiger partial charge on any atom is 0.163 e. The van der Waals surface area contributed by atoms with E-state index in [9.17, 15) is 14.4 Å². The van der Waals surface area contributed by atoms with E-state index in [-0.39, 0.29) is 41.5 Å². The van der Waals surface area contributed by atoms with Gasteiger partial charge in [-0.15, -0.1) is 0 Å². The van der Waals surface area contributed by atoms with Crippen molar-refractivity contribution in [1.82, 2.24) is 0 Å². The molecule has 0 heterocycles. The van der Waals surface area contributed by atoms with Gasteiger partial charge in [-0.2, -0.15) is 0 Å². The number of ketones is 3. The summed E-state index contributed by atoms with van der Waals surface area (Å²) >= 11 is 0. The number of hydrogen-bond acceptors (Lipinski definition) is 3. The Bertz CT molecular complexity index is 1410. The second-order valence-corrected chi connectivity index (χ2v) is 13.7. The van der Waals surface area contributed by atoms with Crippen molar-refractivity contribution in [3.05, 3.63) is 94.0 Å². The summed E-state index contributed by atoms with van der Waals surface area (Å²) < 4.78 is 0. The van der Waals surface area contributed by atoms with Crippen molar-refractivity contribution in [1.29, 1.82) is 0 Å². The zero-order chi connectivity index (χ0) is 33.6. The SMILES string of the molecule is CCC.CCCC(CC1CC(=O)c2c(C)ccc(-c3ccc(CCCCc4ccc(C)cc4)cc3)c2C1)C(CC)C(=O)CC(C)=O. The minimum atomic E-state index is -0.109. The summed E-state index contributed by atoms with van der Waals surface area (Å²) in [4.78, 5) is 38.3. The lowest BCUT2D eigenvalue weighted by Gasteiger charge is -2.32. The standard InChI is InChI=1S/C40H50O3.C3H8/c1-6-10-34(35(7-2)38(42)23-29(5)41)24-32-25-37-36(22-15-28(4)40(37)39(43)26-32)33-20-18-31(19-21-33)12-9-8-11-30-16-13-27(3)14-17-30;1-3-2/h13-22,32,34-35H,6-12,23-26H2,1-5H3;3H2,1-2H3. The minimum absolute atomic E-state index is 0.0250. The molecule has 3 nitrogen and oxygen atoms in total. The van der Waals surface area contributed by atoms with Gasteiger partial charge in [0.25, 0.3) is 0 Å². The fourth-order valence-corrected chi connectivity index (χ4v) is 7.27. The number of rotatable bonds is 15. The van der Waals surface area contributed by atoms with Gasteiger partial charge in [-0.1, -0.05) is 113 Å². The van der Waals surface area contributed by atoms with E-state index >= 15 is 0 Å². The largest absolute Gasteiger partial charge is 0.300 e. The highest BCUT2D eigenvalue weighted by molar-refractivity contribution is 6.02. The fourth-order valence-electron chi connectivity index (χ4n) is 7.27. The molecule has 3 atom stereocenters. The molecule has 0 saturated heterocycles. The summed E-state index contributed by atoms with van der Waals surface area (Å²) in [7, 11) is 0. The van der Waals surface area contributed by atoms with Gasteiger partial charge in [0.15, 0.2) is 5.78 Å². The molecule has 3 aromatic rings. The molecule has 46 heavy (non-hydrogen) atoms. The number of carbonyl (C=O) groups excluding carboxylic acids is 3. The molecule has 3 unspecified atom stereocenters. The molecule has 0 amide bonds. The Morgan fingerprint density at radius 1 is 0.804 bits per heavy atom. The van der Waals surface area contributed by atoms with Crippen molar-refractivity contribution in [3.8, 4) is 11.1 Å². The van der Waals surface area contributed by atoms with Crippen molar-refractivity contribution in [2.24, 2.45) is 17.8 Å². The van der Waals surface area contributed by atoms with Crippen LogP contribution in [0, 0.1) is 31.6 Å². The van der Waals surface area contributed by atoms with Crippen molar-refractivity contribution in [3.63, 3.8) is 0 Å². The zero-order valence-electron chi connectivity index (χ0n) is 29.7. The summed E-state index contributed by atoms with van der Waals surface area (Å²) in [6.45, 7) is 14.1. The minimum Gasteiger partial charge on any atom is -0.300 e. The number of hydrogen-bond donors (Lipinski definition) is 0. The first-order valence-corrected chi connectivity index (χ1v) is 17.9. The highest BCUT2D eigenvalue weighted by Gasteiger charge is 2.34. The molecule has 0 N–H and O–H groups in total. The molecule has 0 fully saturated rings. The quantitative estimate of drug-likeness (QED) is 0.125. The molecule has 1 aliphatic rings. The van der Waals surface area contributed by atoms with Gasteiger partial charge >= 0.3 is 0 Å². The Morgan fingerprint density at radius 2 is 1.39 bits per heavy atom. The highest BCUT2D eigenvalue weighted by atomic mass is 16.1. The Kier molecular flexibility index (Phi) is 15.1. The maximum absolute atomic E-state index is 13.6. The normalized spacial score (nSPS) is 15.4. The first-order chi connectivity index (χ1) is 22.1. The van der Waals surface area contributed by atoms with Crippen LogP contribution in [-0.4, -0.2) is 17.3 Å². The molecule has 3 heteroatoms. The monoisotopic (exact) mass is 622 g/mol. The van der Waals surface area contributed by atoms with E-state index in [1.807, 2.05) is 6.92 Å². The summed E-state index contributed by atoms with van der Waals surface area (Å²) in [5, 5.41) is 0. The van der Waals surface area contributed by atoms with Gasteiger partial charge < -0.3 is 0 Å². The van der Waals surface area contributed by atoms with Crippen molar-refractivity contribution < 1.29 is 14.4 Å². The van der Waals surface area contributed by atoms with Crippen molar-refractivity contribution in [2.45, 2.75) is 126 Å². The van der Waals surface area contributed by atoms with Gasteiger partial charge in [0.05, 0.1) is 6.42 Å². The molecular formula is C43H58O3. The van der Waals surface area contributed by atoms with E-state index in [0.717, 1.165) is 68.1 Å². The number of unbranched alkanes of at least 4 members (excludes halogenated alkanes) is 1. The second kappa shape index (κ2) is 18.7. The van der Waals surface area contributed by atoms with E-state index in [1.54, 1.807) is 0 Å². The molecular weight excluding hydrogens is 564 g/mol. The van der Waals surface area contributed by atoms with E-state index in [0.29, 0.717) is 6.42 Å². The fraction of sp³-hybridized carbons (Fsp3) is 0.512. The van der Waals surface area contributed by atoms with Gasteiger partial charge in [0.2, 0.25) is 0 Å². The van der Waals surface area contributed by atoms with Crippen LogP contribution in [0.3, 0.4) is 0 Å². The van der Waals surface area contributed by atoms with Crippen LogP contribution in [0.1, 0.15) is 131 Å². The van der Waals surface area contributed by atoms with Crippen LogP contribution < -0.4 is 0 Å². The summed E-state index contributed by atoms with van der Waals surface area (Å²) in [6.07, 6.45) is 10.7. The number of fused-ring (bicyclic) bond motifs is 1. The molecule has 0 radical (unpaired) electrons. The molecule has 1 aliphatic carbocycles. The Morgan fingerprint density at radius 3 is 1.93 bits per heavy atom. The third-order valence-electron chi connectivity index (χ3n) is 9.47. The lowest BCUT2D eigenvalue weighted by Crippen LogP contribution is -2.30. The van der Waals surface area contributed by atoms with E-state index in [1.165, 1.54) is 47.6 Å². The van der Waals surface area contributed by atoms with Crippen LogP contribution in [0.15, 0.2) is 60.7 Å². The molecule has 4 rings (SSSR count). The van der Waals surface area contributed by atoms with E-state index in [4.69, 9.17) is 0 Å². The summed E-state index contributed by atoms with van der Waals surface area (Å²) in [6, 6.07) is 22.1. The average molecular weight is 623 g/mol. The lowest BCUT2D eigenvalue weighted by atomic mass is 9.71. The molecule has 0 saturated carbocycles. The van der Waals surface area contributed by atoms with Gasteiger partial charge in [0.1, 0.15) is 11.6 Å². The molecule has 0 aromatic heterocycles. The van der Waals surface area contributed by atoms with Gasteiger partial charge in [0, 0.05) is 17.9 Å². The van der Waals surface area contributed by atoms with Crippen molar-refractivity contribution in [2.75, 3.05) is 0 Å². The number of aryl methyl sites for hydroxylation is 4. The molecule has 0 spiro atoms. The van der Waals surface area contributed by atoms with Crippen LogP contribution >= 0.6 is 0 Å². The third kappa shape index (κ3) is 10.6. The lowest BCUT2D eigenvalue weighted by molar-refractivity contribution is -0.129. The smallest absolute Gasteiger partial charge is 0.163 e. The Hall–Kier alpha value is -3.33. The number of Topliss-reactive ketones (excluding diaryl/α,β-unsaturated/α-hetero) is 3. The molecule has 3 aromatic carbocycles. The first-order valence-electron chi connectivity index (χ1n) is 17.9. The third-order valence-corrected chi connectivity index (χ3v) is 9.47. The maximum atomic E-state index is 13.6. The topological polar surface area (TPSA) is 51.2 Å². The molecule has 0 aliphatic heterocycles. The zero-order valence-corrected chi connectivity index (χ0v) is 29.7. The number of carbonyl (C=O) groups is 3. The second-order valence-electron chi connectivity index (χ2n) is 13.7. The van der Waals surface area contributed by atoms with Crippen LogP contribution in [0.5, 0.6) is 0 Å². The van der Waals surface area contributed by atoms with Crippen LogP contribution in [0.4, 0.5) is 0 Å². The van der Waals surface area contributed by atoms with Gasteiger partial charge in [-0.3, -0.25) is 14.4 Å². The molecule has 248 valence electrons. The Labute approximate surface area is 279 Å². The van der Waals surface area contributed by atoms with Crippen molar-refractivity contribution >= 4 is 17.3 Å². The van der Waals surface area contributed by atoms with E-state index < -0.39 is 0 Å². The van der Waals surface area contributed by atoms with Crippen LogP contribution in [-0.2, 0) is 28.9 Å². The predicted molar refractivity (Wildman–Crippen MR) is 194 cm³/mol. The number of benzene rings is 3. The van der Waals surface area contributed by atoms with Gasteiger partial charge in [-0.05, 0) is 111 Å². The van der Waals surface area contributed by atoms with Gasteiger partial charge in [-0.25, -0.2) is 0 Å². The summed E-state index contributed by atoms with van der Waals surface area (Å²) in [5.41, 5.74) is 9.53. The predicted octanol–water partition coefficient (Wildman–Crippen LogP) is 11.1. The average Bonchev–Trinajstić information content (AvgIpc) is 3.01. The molecule has 0 bridgehead atoms. The summed E-state index contributed by atoms with van der Waals surface area (Å²) in [5.74, 6) is 0.552. The van der Waals surface area contributed by atoms with Crippen LogP contribution in [0.25, 0.3) is 11.1 Å². The van der Waals surface area contributed by atoms with Crippen LogP contribution in [0.2, 0.25) is 0 Å². The highest BCUT2D eigenvalue weighted by Crippen LogP contribution is 2.40.